The van der Waals surface area contributed by atoms with Gasteiger partial charge in [0, 0.05) is 25.3 Å². The summed E-state index contributed by atoms with van der Waals surface area (Å²) in [6, 6.07) is 2.59. The Kier molecular flexibility index (Phi) is 3.59. The molecule has 2 aliphatic rings. The second-order valence-corrected chi connectivity index (χ2v) is 6.34. The molecular weight excluding hydrogens is 279 g/mol. The Bertz CT molecular complexity index is 501. The molecule has 0 radical (unpaired) electrons. The van der Waals surface area contributed by atoms with Crippen LogP contribution in [0.4, 0.5) is 19.0 Å². The molecule has 1 saturated heterocycles. The maximum Gasteiger partial charge on any atom is 0.416 e. The normalized spacial score (nSPS) is 26.7. The Morgan fingerprint density at radius 1 is 1.24 bits per heavy atom. The monoisotopic (exact) mass is 299 g/mol. The molecule has 0 bridgehead atoms. The summed E-state index contributed by atoms with van der Waals surface area (Å²) < 4.78 is 38.5. The largest absolute Gasteiger partial charge is 0.416 e. The van der Waals surface area contributed by atoms with Gasteiger partial charge in [0.15, 0.2) is 0 Å². The molecule has 21 heavy (non-hydrogen) atoms. The van der Waals surface area contributed by atoms with Crippen molar-refractivity contribution in [2.45, 2.75) is 25.1 Å². The Balaban J connectivity index is 1.81. The van der Waals surface area contributed by atoms with E-state index in [4.69, 9.17) is 0 Å². The van der Waals surface area contributed by atoms with Crippen LogP contribution in [0.5, 0.6) is 0 Å². The van der Waals surface area contributed by atoms with Crippen LogP contribution in [0, 0.1) is 11.8 Å². The first-order valence-electron chi connectivity index (χ1n) is 7.31. The third-order valence-corrected chi connectivity index (χ3v) is 4.62. The summed E-state index contributed by atoms with van der Waals surface area (Å²) in [5, 5.41) is 0. The van der Waals surface area contributed by atoms with E-state index in [2.05, 4.69) is 9.88 Å². The van der Waals surface area contributed by atoms with Gasteiger partial charge in [-0.1, -0.05) is 0 Å². The molecule has 2 heterocycles. The zero-order chi connectivity index (χ0) is 15.2. The fourth-order valence-electron chi connectivity index (χ4n) is 3.30. The lowest BCUT2D eigenvalue weighted by molar-refractivity contribution is -0.137. The van der Waals surface area contributed by atoms with Crippen molar-refractivity contribution in [1.82, 2.24) is 9.88 Å². The van der Waals surface area contributed by atoms with Crippen molar-refractivity contribution in [1.29, 1.82) is 0 Å². The summed E-state index contributed by atoms with van der Waals surface area (Å²) in [5.41, 5.74) is -0.622. The predicted molar refractivity (Wildman–Crippen MR) is 75.1 cm³/mol. The molecule has 1 aromatic heterocycles. The fourth-order valence-corrected chi connectivity index (χ4v) is 3.30. The molecule has 0 aromatic carbocycles. The summed E-state index contributed by atoms with van der Waals surface area (Å²) in [5.74, 6) is 1.71. The molecular formula is C15H20F3N3. The molecule has 1 saturated carbocycles. The zero-order valence-electron chi connectivity index (χ0n) is 12.3. The Morgan fingerprint density at radius 3 is 2.52 bits per heavy atom. The van der Waals surface area contributed by atoms with E-state index in [1.54, 1.807) is 0 Å². The first kappa shape index (κ1) is 14.6. The molecule has 2 atom stereocenters. The van der Waals surface area contributed by atoms with Crippen LogP contribution in [0.1, 0.15) is 18.4 Å². The van der Waals surface area contributed by atoms with E-state index < -0.39 is 11.7 Å². The minimum atomic E-state index is -4.31. The maximum absolute atomic E-state index is 12.8. The quantitative estimate of drug-likeness (QED) is 0.855. The molecule has 1 aromatic rings. The number of rotatable bonds is 3. The van der Waals surface area contributed by atoms with E-state index in [0.717, 1.165) is 25.1 Å². The van der Waals surface area contributed by atoms with E-state index in [9.17, 15) is 13.2 Å². The van der Waals surface area contributed by atoms with Gasteiger partial charge in [0.1, 0.15) is 5.82 Å². The lowest BCUT2D eigenvalue weighted by Crippen LogP contribution is -2.36. The van der Waals surface area contributed by atoms with Gasteiger partial charge >= 0.3 is 6.18 Å². The van der Waals surface area contributed by atoms with Crippen LogP contribution in [0.15, 0.2) is 18.3 Å². The first-order chi connectivity index (χ1) is 9.86. The number of aromatic nitrogens is 1. The minimum absolute atomic E-state index is 0.397. The van der Waals surface area contributed by atoms with Crippen molar-refractivity contribution < 1.29 is 13.2 Å². The smallest absolute Gasteiger partial charge is 0.355 e. The number of pyridine rings is 1. The highest BCUT2D eigenvalue weighted by atomic mass is 19.4. The van der Waals surface area contributed by atoms with Crippen LogP contribution in [0.25, 0.3) is 0 Å². The van der Waals surface area contributed by atoms with E-state index in [1.807, 2.05) is 19.0 Å². The van der Waals surface area contributed by atoms with Crippen LogP contribution >= 0.6 is 0 Å². The lowest BCUT2D eigenvalue weighted by atomic mass is 9.97. The van der Waals surface area contributed by atoms with E-state index in [1.165, 1.54) is 25.1 Å². The summed E-state index contributed by atoms with van der Waals surface area (Å²) >= 11 is 0. The predicted octanol–water partition coefficient (Wildman–Crippen LogP) is 2.88. The average Bonchev–Trinajstić information content (AvgIpc) is 3.16. The molecule has 2 fully saturated rings. The summed E-state index contributed by atoms with van der Waals surface area (Å²) in [6.45, 7) is 1.56. The van der Waals surface area contributed by atoms with Gasteiger partial charge in [-0.15, -0.1) is 0 Å². The van der Waals surface area contributed by atoms with Gasteiger partial charge in [-0.3, -0.25) is 0 Å². The third-order valence-electron chi connectivity index (χ3n) is 4.62. The molecule has 0 unspecified atom stereocenters. The summed E-state index contributed by atoms with van der Waals surface area (Å²) in [6.07, 6.45) is -0.556. The number of halogens is 3. The van der Waals surface area contributed by atoms with E-state index >= 15 is 0 Å². The standard InChI is InChI=1S/C15H20F3N3/c1-20(2)13-9-21(8-12(13)10-3-4-10)14-7-11(5-6-19-14)15(16,17)18/h5-7,10,12-13H,3-4,8-9H2,1-2H3/t12-,13+/m1/s1. The molecule has 3 nitrogen and oxygen atoms in total. The van der Waals surface area contributed by atoms with Crippen molar-refractivity contribution in [3.63, 3.8) is 0 Å². The van der Waals surface area contributed by atoms with Crippen molar-refractivity contribution in [3.05, 3.63) is 23.9 Å². The molecule has 6 heteroatoms. The summed E-state index contributed by atoms with van der Waals surface area (Å²) in [7, 11) is 4.09. The molecule has 3 rings (SSSR count). The molecule has 116 valence electrons. The van der Waals surface area contributed by atoms with Gasteiger partial charge < -0.3 is 9.80 Å². The van der Waals surface area contributed by atoms with Crippen molar-refractivity contribution in [2.24, 2.45) is 11.8 Å². The molecule has 0 spiro atoms. The number of hydrogen-bond donors (Lipinski definition) is 0. The Hall–Kier alpha value is -1.30. The average molecular weight is 299 g/mol. The Morgan fingerprint density at radius 2 is 1.95 bits per heavy atom. The highest BCUT2D eigenvalue weighted by Crippen LogP contribution is 2.43. The molecule has 0 amide bonds. The lowest BCUT2D eigenvalue weighted by Gasteiger charge is -2.24. The van der Waals surface area contributed by atoms with Gasteiger partial charge in [-0.25, -0.2) is 4.98 Å². The van der Waals surface area contributed by atoms with E-state index in [0.29, 0.717) is 17.8 Å². The second kappa shape index (κ2) is 5.16. The topological polar surface area (TPSA) is 19.4 Å². The molecule has 0 N–H and O–H groups in total. The van der Waals surface area contributed by atoms with E-state index in [-0.39, 0.29) is 0 Å². The first-order valence-corrected chi connectivity index (χ1v) is 7.31. The van der Waals surface area contributed by atoms with Gasteiger partial charge in [0.25, 0.3) is 0 Å². The van der Waals surface area contributed by atoms with Gasteiger partial charge in [0.2, 0.25) is 0 Å². The molecule has 1 aliphatic carbocycles. The van der Waals surface area contributed by atoms with Crippen LogP contribution in [-0.2, 0) is 6.18 Å². The van der Waals surface area contributed by atoms with Crippen LogP contribution in [-0.4, -0.2) is 43.1 Å². The van der Waals surface area contributed by atoms with Gasteiger partial charge in [-0.05, 0) is 50.9 Å². The summed E-state index contributed by atoms with van der Waals surface area (Å²) in [4.78, 5) is 8.34. The third kappa shape index (κ3) is 3.00. The number of anilines is 1. The number of nitrogens with zero attached hydrogens (tertiary/aromatic N) is 3. The van der Waals surface area contributed by atoms with Crippen LogP contribution in [0.3, 0.4) is 0 Å². The fraction of sp³-hybridized carbons (Fsp3) is 0.667. The Labute approximate surface area is 122 Å². The number of alkyl halides is 3. The second-order valence-electron chi connectivity index (χ2n) is 6.34. The van der Waals surface area contributed by atoms with Crippen LogP contribution in [0.2, 0.25) is 0 Å². The zero-order valence-corrected chi connectivity index (χ0v) is 12.3. The van der Waals surface area contributed by atoms with Crippen molar-refractivity contribution in [3.8, 4) is 0 Å². The SMILES string of the molecule is CN(C)[C@H]1CN(c2cc(C(F)(F)F)ccn2)C[C@@H]1C1CC1. The molecule has 1 aliphatic heterocycles. The van der Waals surface area contributed by atoms with Gasteiger partial charge in [0.05, 0.1) is 5.56 Å². The number of hydrogen-bond acceptors (Lipinski definition) is 3. The maximum atomic E-state index is 12.8. The number of likely N-dealkylation sites (N-methyl/N-ethyl adjacent to an activating group) is 1. The minimum Gasteiger partial charge on any atom is -0.355 e. The van der Waals surface area contributed by atoms with Crippen molar-refractivity contribution in [2.75, 3.05) is 32.1 Å². The van der Waals surface area contributed by atoms with Gasteiger partial charge in [-0.2, -0.15) is 13.2 Å². The van der Waals surface area contributed by atoms with Crippen molar-refractivity contribution >= 4 is 5.82 Å². The van der Waals surface area contributed by atoms with Crippen LogP contribution < -0.4 is 4.90 Å². The highest BCUT2D eigenvalue weighted by molar-refractivity contribution is 5.44. The highest BCUT2D eigenvalue weighted by Gasteiger charge is 2.44.